The molecule has 0 saturated carbocycles. The van der Waals surface area contributed by atoms with E-state index in [4.69, 9.17) is 5.11 Å². The normalized spacial score (nSPS) is 13.0. The Bertz CT molecular complexity index is 634. The Labute approximate surface area is 124 Å². The minimum absolute atomic E-state index is 0.213. The molecular weight excluding hydrogens is 329 g/mol. The fourth-order valence-electron chi connectivity index (χ4n) is 1.13. The number of carbonyl (C=O) groups is 1. The number of hydrogen-bond acceptors (Lipinski definition) is 6. The number of halogens is 3. The summed E-state index contributed by atoms with van der Waals surface area (Å²) in [7, 11) is -5.47. The van der Waals surface area contributed by atoms with E-state index >= 15 is 0 Å². The zero-order chi connectivity index (χ0) is 17.2. The Kier molecular flexibility index (Phi) is 5.21. The summed E-state index contributed by atoms with van der Waals surface area (Å²) in [6.45, 7) is 2.42. The molecule has 0 radical (unpaired) electrons. The molecule has 0 aromatic heterocycles. The number of hydrogen-bond donors (Lipinski definition) is 1. The van der Waals surface area contributed by atoms with Gasteiger partial charge in [0, 0.05) is 0 Å². The molecule has 1 aromatic carbocycles. The second kappa shape index (κ2) is 6.23. The number of rotatable bonds is 5. The first kappa shape index (κ1) is 18.4. The summed E-state index contributed by atoms with van der Waals surface area (Å²) in [5, 5.41) is 8.89. The van der Waals surface area contributed by atoms with Crippen molar-refractivity contribution in [2.75, 3.05) is 6.61 Å². The first-order chi connectivity index (χ1) is 9.90. The molecule has 1 aromatic rings. The molecule has 0 aliphatic rings. The SMILES string of the molecule is CC(C)(CO)OOC(=O)c1ccc(S(=O)(=O)C(F)(F)F)cc1. The van der Waals surface area contributed by atoms with E-state index in [2.05, 4.69) is 9.78 Å². The van der Waals surface area contributed by atoms with Gasteiger partial charge in [-0.15, -0.1) is 0 Å². The van der Waals surface area contributed by atoms with Crippen LogP contribution in [0.5, 0.6) is 0 Å². The standard InChI is InChI=1S/C12H13F3O6S/c1-11(2,7-16)21-20-10(17)8-3-5-9(6-4-8)22(18,19)12(13,14)15/h3-6,16H,7H2,1-2H3. The van der Waals surface area contributed by atoms with Gasteiger partial charge in [-0.05, 0) is 38.1 Å². The second-order valence-electron chi connectivity index (χ2n) is 4.85. The third kappa shape index (κ3) is 4.18. The van der Waals surface area contributed by atoms with Crippen LogP contribution in [0.3, 0.4) is 0 Å². The summed E-state index contributed by atoms with van der Waals surface area (Å²) in [5.41, 5.74) is -6.80. The predicted octanol–water partition coefficient (Wildman–Crippen LogP) is 1.84. The average molecular weight is 342 g/mol. The highest BCUT2D eigenvalue weighted by molar-refractivity contribution is 7.92. The zero-order valence-corrected chi connectivity index (χ0v) is 12.4. The van der Waals surface area contributed by atoms with Gasteiger partial charge in [0.15, 0.2) is 0 Å². The highest BCUT2D eigenvalue weighted by atomic mass is 32.2. The molecule has 6 nitrogen and oxygen atoms in total. The maximum atomic E-state index is 12.3. The Balaban J connectivity index is 2.88. The van der Waals surface area contributed by atoms with Crippen LogP contribution in [-0.4, -0.2) is 37.2 Å². The highest BCUT2D eigenvalue weighted by Gasteiger charge is 2.46. The van der Waals surface area contributed by atoms with Crippen molar-refractivity contribution < 1.29 is 41.3 Å². The summed E-state index contributed by atoms with van der Waals surface area (Å²) in [6.07, 6.45) is 0. The van der Waals surface area contributed by atoms with E-state index in [-0.39, 0.29) is 5.56 Å². The summed E-state index contributed by atoms with van der Waals surface area (Å²) in [6, 6.07) is 2.99. The van der Waals surface area contributed by atoms with Gasteiger partial charge in [0.2, 0.25) is 0 Å². The fraction of sp³-hybridized carbons (Fsp3) is 0.417. The van der Waals surface area contributed by atoms with Crippen LogP contribution in [0.1, 0.15) is 24.2 Å². The van der Waals surface area contributed by atoms with Crippen LogP contribution in [0.25, 0.3) is 0 Å². The maximum Gasteiger partial charge on any atom is 0.501 e. The van der Waals surface area contributed by atoms with Gasteiger partial charge in [-0.25, -0.2) is 13.2 Å². The molecule has 0 spiro atoms. The molecule has 0 bridgehead atoms. The zero-order valence-electron chi connectivity index (χ0n) is 11.5. The average Bonchev–Trinajstić information content (AvgIpc) is 2.44. The summed E-state index contributed by atoms with van der Waals surface area (Å²) >= 11 is 0. The van der Waals surface area contributed by atoms with Crippen LogP contribution in [0.4, 0.5) is 13.2 Å². The van der Waals surface area contributed by atoms with E-state index in [9.17, 15) is 26.4 Å². The molecule has 0 unspecified atom stereocenters. The largest absolute Gasteiger partial charge is 0.501 e. The van der Waals surface area contributed by atoms with Crippen molar-refractivity contribution in [2.24, 2.45) is 0 Å². The Morgan fingerprint density at radius 2 is 1.68 bits per heavy atom. The minimum Gasteiger partial charge on any atom is -0.393 e. The maximum absolute atomic E-state index is 12.3. The lowest BCUT2D eigenvalue weighted by atomic mass is 10.2. The molecule has 10 heteroatoms. The van der Waals surface area contributed by atoms with Gasteiger partial charge in [0.1, 0.15) is 5.60 Å². The lowest BCUT2D eigenvalue weighted by Crippen LogP contribution is -2.30. The number of carbonyl (C=O) groups excluding carboxylic acids is 1. The number of benzene rings is 1. The molecule has 0 heterocycles. The van der Waals surface area contributed by atoms with Crippen molar-refractivity contribution in [3.8, 4) is 0 Å². The molecule has 0 aliphatic heterocycles. The molecule has 0 saturated heterocycles. The Morgan fingerprint density at radius 1 is 1.18 bits per heavy atom. The van der Waals surface area contributed by atoms with Crippen LogP contribution in [0, 0.1) is 0 Å². The van der Waals surface area contributed by atoms with Gasteiger partial charge in [0.05, 0.1) is 17.1 Å². The van der Waals surface area contributed by atoms with Gasteiger partial charge in [-0.3, -0.25) is 4.89 Å². The monoisotopic (exact) mass is 342 g/mol. The molecule has 0 aliphatic carbocycles. The molecule has 124 valence electrons. The lowest BCUT2D eigenvalue weighted by molar-refractivity contribution is -0.313. The number of alkyl halides is 3. The van der Waals surface area contributed by atoms with Crippen molar-refractivity contribution in [1.29, 1.82) is 0 Å². The van der Waals surface area contributed by atoms with E-state index in [1.54, 1.807) is 0 Å². The quantitative estimate of drug-likeness (QED) is 0.649. The molecule has 0 atom stereocenters. The van der Waals surface area contributed by atoms with Gasteiger partial charge in [-0.2, -0.15) is 18.1 Å². The van der Waals surface area contributed by atoms with Crippen molar-refractivity contribution in [3.05, 3.63) is 29.8 Å². The third-order valence-corrected chi connectivity index (χ3v) is 3.93. The van der Waals surface area contributed by atoms with Crippen LogP contribution >= 0.6 is 0 Å². The van der Waals surface area contributed by atoms with Gasteiger partial charge in [-0.1, -0.05) is 0 Å². The van der Waals surface area contributed by atoms with E-state index in [1.807, 2.05) is 0 Å². The Morgan fingerprint density at radius 3 is 2.09 bits per heavy atom. The summed E-state index contributed by atoms with van der Waals surface area (Å²) in [4.78, 5) is 19.6. The van der Waals surface area contributed by atoms with E-state index in [0.717, 1.165) is 12.1 Å². The van der Waals surface area contributed by atoms with E-state index in [1.165, 1.54) is 13.8 Å². The molecule has 1 N–H and O–H groups in total. The van der Waals surface area contributed by atoms with Crippen LogP contribution in [0.15, 0.2) is 29.2 Å². The van der Waals surface area contributed by atoms with Crippen molar-refractivity contribution in [1.82, 2.24) is 0 Å². The summed E-state index contributed by atoms with van der Waals surface area (Å²) in [5.74, 6) is -1.04. The van der Waals surface area contributed by atoms with Gasteiger partial charge in [0.25, 0.3) is 9.84 Å². The topological polar surface area (TPSA) is 89.9 Å². The van der Waals surface area contributed by atoms with E-state index in [0.29, 0.717) is 12.1 Å². The molecule has 0 fully saturated rings. The van der Waals surface area contributed by atoms with E-state index < -0.39 is 38.4 Å². The van der Waals surface area contributed by atoms with Crippen molar-refractivity contribution in [2.45, 2.75) is 29.9 Å². The summed E-state index contributed by atoms with van der Waals surface area (Å²) < 4.78 is 59.3. The third-order valence-electron chi connectivity index (χ3n) is 2.43. The first-order valence-corrected chi connectivity index (χ1v) is 7.31. The number of aliphatic hydroxyl groups excluding tert-OH is 1. The Hall–Kier alpha value is -1.65. The number of sulfone groups is 1. The van der Waals surface area contributed by atoms with Gasteiger partial charge < -0.3 is 5.11 Å². The highest BCUT2D eigenvalue weighted by Crippen LogP contribution is 2.30. The molecule has 1 rings (SSSR count). The smallest absolute Gasteiger partial charge is 0.393 e. The van der Waals surface area contributed by atoms with Crippen LogP contribution < -0.4 is 0 Å². The van der Waals surface area contributed by atoms with Crippen molar-refractivity contribution in [3.63, 3.8) is 0 Å². The lowest BCUT2D eigenvalue weighted by Gasteiger charge is -2.19. The predicted molar refractivity (Wildman–Crippen MR) is 67.3 cm³/mol. The molecule has 0 amide bonds. The first-order valence-electron chi connectivity index (χ1n) is 5.83. The molecular formula is C12H13F3O6S. The minimum atomic E-state index is -5.47. The second-order valence-corrected chi connectivity index (χ2v) is 6.79. The van der Waals surface area contributed by atoms with Crippen LogP contribution in [0.2, 0.25) is 0 Å². The number of aliphatic hydroxyl groups is 1. The van der Waals surface area contributed by atoms with Gasteiger partial charge >= 0.3 is 11.5 Å². The molecule has 22 heavy (non-hydrogen) atoms. The van der Waals surface area contributed by atoms with Crippen molar-refractivity contribution >= 4 is 15.8 Å². The fourth-order valence-corrected chi connectivity index (χ4v) is 1.89. The van der Waals surface area contributed by atoms with Crippen LogP contribution in [-0.2, 0) is 19.6 Å².